The van der Waals surface area contributed by atoms with Crippen molar-refractivity contribution in [1.29, 1.82) is 0 Å². The van der Waals surface area contributed by atoms with E-state index >= 15 is 4.39 Å². The van der Waals surface area contributed by atoms with E-state index in [2.05, 4.69) is 20.0 Å². The average molecular weight is 659 g/mol. The van der Waals surface area contributed by atoms with Gasteiger partial charge in [-0.05, 0) is 68.5 Å². The number of halogens is 5. The predicted octanol–water partition coefficient (Wildman–Crippen LogP) is 5.30. The summed E-state index contributed by atoms with van der Waals surface area (Å²) in [7, 11) is 0. The number of benzene rings is 2. The van der Waals surface area contributed by atoms with Crippen LogP contribution >= 0.6 is 11.6 Å². The lowest BCUT2D eigenvalue weighted by Gasteiger charge is -2.30. The predicted molar refractivity (Wildman–Crippen MR) is 159 cm³/mol. The number of aryl methyl sites for hydroxylation is 1. The fourth-order valence-corrected chi connectivity index (χ4v) is 5.82. The third-order valence-electron chi connectivity index (χ3n) is 8.46. The van der Waals surface area contributed by atoms with E-state index in [4.69, 9.17) is 22.1 Å². The Morgan fingerprint density at radius 2 is 1.93 bits per heavy atom. The number of alkyl halides is 2. The quantitative estimate of drug-likeness (QED) is 0.164. The zero-order valence-corrected chi connectivity index (χ0v) is 25.2. The second-order valence-electron chi connectivity index (χ2n) is 11.8. The van der Waals surface area contributed by atoms with Crippen LogP contribution in [0.3, 0.4) is 0 Å². The molecule has 0 spiro atoms. The Balaban J connectivity index is 1.42. The summed E-state index contributed by atoms with van der Waals surface area (Å²) >= 11 is 5.97. The summed E-state index contributed by atoms with van der Waals surface area (Å²) in [6, 6.07) is 7.29. The van der Waals surface area contributed by atoms with Gasteiger partial charge in [0.2, 0.25) is 5.91 Å². The van der Waals surface area contributed by atoms with Gasteiger partial charge in [0.05, 0.1) is 17.3 Å². The monoisotopic (exact) mass is 658 g/mol. The van der Waals surface area contributed by atoms with Gasteiger partial charge in [-0.25, -0.2) is 13.8 Å². The van der Waals surface area contributed by atoms with Crippen LogP contribution in [-0.2, 0) is 15.8 Å². The molecule has 2 aromatic carbocycles. The largest absolute Gasteiger partial charge is 0.489 e. The molecule has 1 fully saturated rings. The molecule has 14 heteroatoms. The van der Waals surface area contributed by atoms with E-state index in [1.807, 2.05) is 0 Å². The summed E-state index contributed by atoms with van der Waals surface area (Å²) in [6.07, 6.45) is 2.58. The van der Waals surface area contributed by atoms with E-state index in [-0.39, 0.29) is 51.7 Å². The molecule has 1 aliphatic carbocycles. The van der Waals surface area contributed by atoms with Crippen LogP contribution in [0, 0.1) is 24.5 Å². The zero-order valence-electron chi connectivity index (χ0n) is 24.5. The topological polar surface area (TPSA) is 137 Å². The van der Waals surface area contributed by atoms with Gasteiger partial charge >= 0.3 is 6.61 Å². The Hall–Kier alpha value is -4.49. The Kier molecular flexibility index (Phi) is 7.80. The van der Waals surface area contributed by atoms with Gasteiger partial charge in [-0.15, -0.1) is 0 Å². The number of amides is 2. The summed E-state index contributed by atoms with van der Waals surface area (Å²) < 4.78 is 66.0. The van der Waals surface area contributed by atoms with E-state index in [9.17, 15) is 27.9 Å². The number of hydrogen-bond acceptors (Lipinski definition) is 7. The number of carbonyl (C=O) groups is 2. The van der Waals surface area contributed by atoms with Crippen molar-refractivity contribution >= 4 is 34.3 Å². The molecule has 0 radical (unpaired) electrons. The molecule has 6 rings (SSSR count). The molecule has 1 unspecified atom stereocenters. The summed E-state index contributed by atoms with van der Waals surface area (Å²) in [5, 5.41) is 14.8. The number of nitrogens with two attached hydrogens (primary N) is 1. The second kappa shape index (κ2) is 11.4. The lowest BCUT2D eigenvalue weighted by Crippen LogP contribution is -2.44. The van der Waals surface area contributed by atoms with Crippen LogP contribution in [0.15, 0.2) is 42.6 Å². The maximum atomic E-state index is 15.2. The first-order chi connectivity index (χ1) is 21.7. The van der Waals surface area contributed by atoms with Crippen LogP contribution in [-0.4, -0.2) is 46.7 Å². The van der Waals surface area contributed by atoms with E-state index in [1.165, 1.54) is 25.3 Å². The fraction of sp³-hybridized carbons (Fsp3) is 0.312. The molecule has 240 valence electrons. The van der Waals surface area contributed by atoms with Gasteiger partial charge in [-0.3, -0.25) is 14.6 Å². The highest BCUT2D eigenvalue weighted by Gasteiger charge is 2.50. The van der Waals surface area contributed by atoms with Crippen LogP contribution in [0.25, 0.3) is 22.2 Å². The first kappa shape index (κ1) is 31.5. The molecule has 4 aromatic rings. The van der Waals surface area contributed by atoms with Crippen molar-refractivity contribution in [2.75, 3.05) is 13.2 Å². The normalized spacial score (nSPS) is 18.6. The minimum atomic E-state index is -3.17. The Bertz CT molecular complexity index is 1920. The highest BCUT2D eigenvalue weighted by atomic mass is 35.5. The molecule has 1 aliphatic heterocycles. The van der Waals surface area contributed by atoms with Crippen molar-refractivity contribution in [3.63, 3.8) is 0 Å². The smallest absolute Gasteiger partial charge is 0.387 e. The third-order valence-corrected chi connectivity index (χ3v) is 8.75. The maximum absolute atomic E-state index is 15.2. The molecule has 9 nitrogen and oxygen atoms in total. The van der Waals surface area contributed by atoms with Gasteiger partial charge in [0.15, 0.2) is 5.75 Å². The van der Waals surface area contributed by atoms with Gasteiger partial charge < -0.3 is 25.6 Å². The lowest BCUT2D eigenvalue weighted by molar-refractivity contribution is -0.123. The molecular formula is C32H27ClF4N4O5. The Labute approximate surface area is 264 Å². The SMILES string of the molecule is Cc1cnc2c(OC(F)F)cc(C(=O)NCC(O)(c3cc4c(c(-c5cc(Cl)c(F)cc5F)n3)OC[C@]4(C)C(N)=O)C3CC3)cc2c1. The Morgan fingerprint density at radius 1 is 1.20 bits per heavy atom. The number of hydrogen-bond donors (Lipinski definition) is 3. The summed E-state index contributed by atoms with van der Waals surface area (Å²) in [6.45, 7) is -0.501. The summed E-state index contributed by atoms with van der Waals surface area (Å²) in [5.74, 6) is -4.18. The minimum Gasteiger partial charge on any atom is -0.489 e. The van der Waals surface area contributed by atoms with Gasteiger partial charge in [0, 0.05) is 34.3 Å². The summed E-state index contributed by atoms with van der Waals surface area (Å²) in [5.41, 5.74) is 3.12. The van der Waals surface area contributed by atoms with Crippen molar-refractivity contribution in [3.8, 4) is 22.8 Å². The average Bonchev–Trinajstić information content (AvgIpc) is 3.80. The van der Waals surface area contributed by atoms with Crippen molar-refractivity contribution in [1.82, 2.24) is 15.3 Å². The Morgan fingerprint density at radius 3 is 2.61 bits per heavy atom. The maximum Gasteiger partial charge on any atom is 0.387 e. The van der Waals surface area contributed by atoms with Crippen molar-refractivity contribution < 1.29 is 41.7 Å². The third kappa shape index (κ3) is 5.47. The van der Waals surface area contributed by atoms with Crippen LogP contribution in [0.1, 0.15) is 46.9 Å². The van der Waals surface area contributed by atoms with Crippen LogP contribution in [0.5, 0.6) is 11.5 Å². The van der Waals surface area contributed by atoms with Crippen LogP contribution in [0.2, 0.25) is 5.02 Å². The first-order valence-corrected chi connectivity index (χ1v) is 14.6. The van der Waals surface area contributed by atoms with Crippen molar-refractivity contribution in [2.24, 2.45) is 11.7 Å². The molecule has 2 amide bonds. The molecule has 2 aromatic heterocycles. The van der Waals surface area contributed by atoms with Gasteiger partial charge in [0.25, 0.3) is 5.91 Å². The van der Waals surface area contributed by atoms with Crippen LogP contribution in [0.4, 0.5) is 17.6 Å². The number of primary amides is 1. The number of nitrogens with one attached hydrogen (secondary N) is 1. The standard InChI is InChI=1S/C32H27ClF4N4O5/c1-14-5-15-6-16(7-23(46-30(36)37)25(15)39-11-14)28(42)40-12-32(44,17-3-4-17)24-9-19-27(45-13-31(19,2)29(38)43)26(41-24)18-8-20(33)22(35)10-21(18)34/h5-11,17,30,44H,3-4,12-13H2,1-2H3,(H2,38,43)(H,40,42)/t31-,32?/m0/s1. The number of aliphatic hydroxyl groups is 1. The molecule has 3 heterocycles. The highest BCUT2D eigenvalue weighted by molar-refractivity contribution is 6.31. The fourth-order valence-electron chi connectivity index (χ4n) is 5.66. The number of carbonyl (C=O) groups excluding carboxylic acids is 2. The number of nitrogens with zero attached hydrogens (tertiary/aromatic N) is 2. The van der Waals surface area contributed by atoms with Gasteiger partial charge in [-0.1, -0.05) is 11.6 Å². The molecule has 46 heavy (non-hydrogen) atoms. The number of ether oxygens (including phenoxy) is 2. The molecule has 2 aliphatic rings. The minimum absolute atomic E-state index is 0.0143. The summed E-state index contributed by atoms with van der Waals surface area (Å²) in [4.78, 5) is 34.7. The number of aromatic nitrogens is 2. The highest BCUT2D eigenvalue weighted by Crippen LogP contribution is 2.50. The molecule has 2 atom stereocenters. The number of pyridine rings is 2. The van der Waals surface area contributed by atoms with Gasteiger partial charge in [-0.2, -0.15) is 8.78 Å². The van der Waals surface area contributed by atoms with E-state index in [0.29, 0.717) is 24.3 Å². The molecule has 1 saturated carbocycles. The molecular weight excluding hydrogens is 632 g/mol. The van der Waals surface area contributed by atoms with E-state index in [1.54, 1.807) is 13.0 Å². The number of rotatable bonds is 9. The zero-order chi connectivity index (χ0) is 33.1. The van der Waals surface area contributed by atoms with Crippen molar-refractivity contribution in [3.05, 3.63) is 81.6 Å². The lowest BCUT2D eigenvalue weighted by atomic mass is 9.81. The number of fused-ring (bicyclic) bond motifs is 2. The molecule has 0 saturated heterocycles. The van der Waals surface area contributed by atoms with E-state index < -0.39 is 58.6 Å². The molecule has 0 bridgehead atoms. The van der Waals surface area contributed by atoms with Crippen LogP contribution < -0.4 is 20.5 Å². The first-order valence-electron chi connectivity index (χ1n) is 14.2. The second-order valence-corrected chi connectivity index (χ2v) is 12.2. The van der Waals surface area contributed by atoms with Crippen molar-refractivity contribution in [2.45, 2.75) is 44.3 Å². The van der Waals surface area contributed by atoms with E-state index in [0.717, 1.165) is 17.7 Å². The van der Waals surface area contributed by atoms with Gasteiger partial charge in [0.1, 0.15) is 46.2 Å². The molecule has 4 N–H and O–H groups in total.